The number of phenols is 1. The molecular formula is C13H16N2O3. The first-order valence-corrected chi connectivity index (χ1v) is 5.47. The van der Waals surface area contributed by atoms with E-state index in [1.807, 2.05) is 0 Å². The summed E-state index contributed by atoms with van der Waals surface area (Å²) >= 11 is 0. The number of ketones is 1. The van der Waals surface area contributed by atoms with Crippen molar-refractivity contribution in [2.45, 2.75) is 13.3 Å². The quantitative estimate of drug-likeness (QED) is 0.539. The fourth-order valence-electron chi connectivity index (χ4n) is 1.63. The number of aromatic hydroxyl groups is 1. The Labute approximate surface area is 105 Å². The van der Waals surface area contributed by atoms with Crippen molar-refractivity contribution in [3.8, 4) is 5.75 Å². The highest BCUT2D eigenvalue weighted by Gasteiger charge is 2.16. The summed E-state index contributed by atoms with van der Waals surface area (Å²) in [5, 5.41) is 12.6. The van der Waals surface area contributed by atoms with Crippen molar-refractivity contribution in [1.29, 1.82) is 0 Å². The van der Waals surface area contributed by atoms with Gasteiger partial charge in [-0.25, -0.2) is 0 Å². The molecule has 0 aliphatic carbocycles. The second-order valence-electron chi connectivity index (χ2n) is 3.79. The van der Waals surface area contributed by atoms with Crippen LogP contribution in [0.1, 0.15) is 22.8 Å². The summed E-state index contributed by atoms with van der Waals surface area (Å²) in [4.78, 5) is 22.6. The Morgan fingerprint density at radius 2 is 2.17 bits per heavy atom. The predicted octanol–water partition coefficient (Wildman–Crippen LogP) is 1.22. The molecule has 0 fully saturated rings. The van der Waals surface area contributed by atoms with Gasteiger partial charge < -0.3 is 16.2 Å². The number of Topliss-reactive ketones (excluding diaryl/α,β-unsaturated/α-hetero) is 1. The molecule has 0 radical (unpaired) electrons. The van der Waals surface area contributed by atoms with E-state index in [2.05, 4.69) is 11.9 Å². The number of hydrogen-bond acceptors (Lipinski definition) is 4. The summed E-state index contributed by atoms with van der Waals surface area (Å²) < 4.78 is 0. The average molecular weight is 248 g/mol. The van der Waals surface area contributed by atoms with Gasteiger partial charge in [-0.3, -0.25) is 9.59 Å². The van der Waals surface area contributed by atoms with Gasteiger partial charge in [-0.2, -0.15) is 0 Å². The molecule has 0 heterocycles. The molecule has 1 aromatic carbocycles. The lowest BCUT2D eigenvalue weighted by molar-refractivity contribution is -0.114. The number of nitrogens with two attached hydrogens (primary N) is 1. The highest BCUT2D eigenvalue weighted by molar-refractivity contribution is 6.01. The number of allylic oxidation sites excluding steroid dienone is 1. The van der Waals surface area contributed by atoms with Gasteiger partial charge >= 0.3 is 0 Å². The molecule has 0 saturated carbocycles. The van der Waals surface area contributed by atoms with E-state index in [1.54, 1.807) is 12.1 Å². The van der Waals surface area contributed by atoms with Crippen LogP contribution in [0.15, 0.2) is 24.8 Å². The smallest absolute Gasteiger partial charge is 0.221 e. The first-order chi connectivity index (χ1) is 8.51. The van der Waals surface area contributed by atoms with Crippen LogP contribution in [-0.4, -0.2) is 23.3 Å². The second-order valence-corrected chi connectivity index (χ2v) is 3.79. The third kappa shape index (κ3) is 2.95. The van der Waals surface area contributed by atoms with E-state index in [1.165, 1.54) is 13.0 Å². The summed E-state index contributed by atoms with van der Waals surface area (Å²) in [6, 6.07) is 3.02. The van der Waals surface area contributed by atoms with Gasteiger partial charge in [0.25, 0.3) is 0 Å². The summed E-state index contributed by atoms with van der Waals surface area (Å²) in [5.41, 5.74) is 6.35. The highest BCUT2D eigenvalue weighted by atomic mass is 16.3. The van der Waals surface area contributed by atoms with Gasteiger partial charge in [0.2, 0.25) is 5.91 Å². The molecule has 1 aromatic rings. The molecule has 0 aliphatic heterocycles. The third-order valence-electron chi connectivity index (χ3n) is 2.43. The van der Waals surface area contributed by atoms with Crippen LogP contribution in [0.25, 0.3) is 0 Å². The van der Waals surface area contributed by atoms with E-state index in [9.17, 15) is 14.7 Å². The first kappa shape index (κ1) is 13.9. The van der Waals surface area contributed by atoms with Crippen molar-refractivity contribution < 1.29 is 14.7 Å². The monoisotopic (exact) mass is 248 g/mol. The number of benzene rings is 1. The van der Waals surface area contributed by atoms with Crippen molar-refractivity contribution in [2.24, 2.45) is 5.73 Å². The van der Waals surface area contributed by atoms with E-state index in [-0.39, 0.29) is 29.5 Å². The number of phenolic OH excluding ortho intramolecular Hbond substituents is 1. The van der Waals surface area contributed by atoms with E-state index >= 15 is 0 Å². The van der Waals surface area contributed by atoms with Gasteiger partial charge in [-0.1, -0.05) is 6.08 Å². The topological polar surface area (TPSA) is 92.4 Å². The maximum atomic E-state index is 11.5. The summed E-state index contributed by atoms with van der Waals surface area (Å²) in [7, 11) is 0. The van der Waals surface area contributed by atoms with Gasteiger partial charge in [0.15, 0.2) is 5.78 Å². The lowest BCUT2D eigenvalue weighted by Crippen LogP contribution is -2.15. The molecule has 96 valence electrons. The highest BCUT2D eigenvalue weighted by Crippen LogP contribution is 2.30. The largest absolute Gasteiger partial charge is 0.507 e. The SMILES string of the molecule is C=CCc1c(NC(C)=O)ccc(C(=O)CN)c1O. The third-order valence-corrected chi connectivity index (χ3v) is 2.43. The lowest BCUT2D eigenvalue weighted by Gasteiger charge is -2.13. The van der Waals surface area contributed by atoms with Gasteiger partial charge in [0.05, 0.1) is 12.1 Å². The van der Waals surface area contributed by atoms with Gasteiger partial charge in [0, 0.05) is 18.2 Å². The van der Waals surface area contributed by atoms with Crippen molar-refractivity contribution in [1.82, 2.24) is 0 Å². The Balaban J connectivity index is 3.31. The number of nitrogens with one attached hydrogen (secondary N) is 1. The molecular weight excluding hydrogens is 232 g/mol. The van der Waals surface area contributed by atoms with Crippen LogP contribution in [0.5, 0.6) is 5.75 Å². The normalized spacial score (nSPS) is 9.89. The second kappa shape index (κ2) is 5.97. The molecule has 0 spiro atoms. The van der Waals surface area contributed by atoms with E-state index in [0.29, 0.717) is 17.7 Å². The standard InChI is InChI=1S/C13H16N2O3/c1-3-4-9-11(15-8(2)16)6-5-10(13(9)18)12(17)7-14/h3,5-6,18H,1,4,7,14H2,2H3,(H,15,16). The Morgan fingerprint density at radius 3 is 2.67 bits per heavy atom. The van der Waals surface area contributed by atoms with Gasteiger partial charge in [0.1, 0.15) is 5.75 Å². The lowest BCUT2D eigenvalue weighted by atomic mass is 10.0. The number of carbonyl (C=O) groups is 2. The zero-order valence-electron chi connectivity index (χ0n) is 10.2. The summed E-state index contributed by atoms with van der Waals surface area (Å²) in [6.07, 6.45) is 1.92. The molecule has 1 rings (SSSR count). The van der Waals surface area contributed by atoms with Crippen LogP contribution >= 0.6 is 0 Å². The fourth-order valence-corrected chi connectivity index (χ4v) is 1.63. The molecule has 0 atom stereocenters. The van der Waals surface area contributed by atoms with Crippen LogP contribution in [0.3, 0.4) is 0 Å². The summed E-state index contributed by atoms with van der Waals surface area (Å²) in [6.45, 7) is 4.77. The van der Waals surface area contributed by atoms with Gasteiger partial charge in [-0.05, 0) is 18.6 Å². The molecule has 5 nitrogen and oxygen atoms in total. The zero-order valence-corrected chi connectivity index (χ0v) is 10.2. The van der Waals surface area contributed by atoms with E-state index in [0.717, 1.165) is 0 Å². The first-order valence-electron chi connectivity index (χ1n) is 5.47. The van der Waals surface area contributed by atoms with Gasteiger partial charge in [-0.15, -0.1) is 6.58 Å². The van der Waals surface area contributed by atoms with E-state index < -0.39 is 0 Å². The Hall–Kier alpha value is -2.14. The molecule has 1 amide bonds. The van der Waals surface area contributed by atoms with E-state index in [4.69, 9.17) is 5.73 Å². The number of carbonyl (C=O) groups excluding carboxylic acids is 2. The maximum absolute atomic E-state index is 11.5. The van der Waals surface area contributed by atoms with Crippen LogP contribution in [0.4, 0.5) is 5.69 Å². The van der Waals surface area contributed by atoms with Crippen LogP contribution < -0.4 is 11.1 Å². The molecule has 18 heavy (non-hydrogen) atoms. The molecule has 0 aromatic heterocycles. The number of hydrogen-bond donors (Lipinski definition) is 3. The minimum absolute atomic E-state index is 0.156. The predicted molar refractivity (Wildman–Crippen MR) is 69.7 cm³/mol. The number of anilines is 1. The van der Waals surface area contributed by atoms with Crippen molar-refractivity contribution >= 4 is 17.4 Å². The minimum atomic E-state index is -0.354. The van der Waals surface area contributed by atoms with Crippen LogP contribution in [-0.2, 0) is 11.2 Å². The average Bonchev–Trinajstić information content (AvgIpc) is 2.32. The number of rotatable bonds is 5. The van der Waals surface area contributed by atoms with Crippen molar-refractivity contribution in [3.63, 3.8) is 0 Å². The molecule has 4 N–H and O–H groups in total. The van der Waals surface area contributed by atoms with Crippen LogP contribution in [0, 0.1) is 0 Å². The Bertz CT molecular complexity index is 495. The molecule has 0 bridgehead atoms. The maximum Gasteiger partial charge on any atom is 0.221 e. The van der Waals surface area contributed by atoms with Crippen molar-refractivity contribution in [2.75, 3.05) is 11.9 Å². The Morgan fingerprint density at radius 1 is 1.50 bits per heavy atom. The molecule has 0 unspecified atom stereocenters. The zero-order chi connectivity index (χ0) is 13.7. The summed E-state index contributed by atoms with van der Waals surface area (Å²) in [5.74, 6) is -0.763. The fraction of sp³-hybridized carbons (Fsp3) is 0.231. The van der Waals surface area contributed by atoms with Crippen LogP contribution in [0.2, 0.25) is 0 Å². The van der Waals surface area contributed by atoms with Crippen molar-refractivity contribution in [3.05, 3.63) is 35.9 Å². The number of amides is 1. The minimum Gasteiger partial charge on any atom is -0.507 e. The molecule has 0 saturated heterocycles. The Kier molecular flexibility index (Phi) is 4.62. The molecule has 0 aliphatic rings. The molecule has 5 heteroatoms.